The number of nitrogens with zero attached hydrogens (tertiary/aromatic N) is 4. The van der Waals surface area contributed by atoms with Gasteiger partial charge in [0.15, 0.2) is 0 Å². The van der Waals surface area contributed by atoms with Gasteiger partial charge in [0.1, 0.15) is 0 Å². The van der Waals surface area contributed by atoms with Crippen molar-refractivity contribution >= 4 is 23.0 Å². The number of carbonyl (C=O) groups excluding carboxylic acids is 1. The molecule has 26 heavy (non-hydrogen) atoms. The summed E-state index contributed by atoms with van der Waals surface area (Å²) < 4.78 is 0. The van der Waals surface area contributed by atoms with E-state index in [9.17, 15) is 25.0 Å². The summed E-state index contributed by atoms with van der Waals surface area (Å²) in [7, 11) is 5.37. The van der Waals surface area contributed by atoms with Gasteiger partial charge in [0, 0.05) is 45.5 Å². The van der Waals surface area contributed by atoms with Crippen molar-refractivity contribution in [3.63, 3.8) is 0 Å². The zero-order valence-electron chi connectivity index (χ0n) is 14.6. The van der Waals surface area contributed by atoms with Crippen molar-refractivity contribution in [2.75, 3.05) is 26.0 Å². The maximum Gasteiger partial charge on any atom is 0.277 e. The minimum absolute atomic E-state index is 0.0988. The number of benzene rings is 2. The molecule has 0 radical (unpaired) electrons. The lowest BCUT2D eigenvalue weighted by atomic mass is 10.1. The zero-order chi connectivity index (χ0) is 19.4. The molecule has 2 aromatic rings. The van der Waals surface area contributed by atoms with Gasteiger partial charge in [0.05, 0.1) is 21.5 Å². The number of anilines is 1. The molecule has 2 rings (SSSR count). The van der Waals surface area contributed by atoms with Crippen LogP contribution < -0.4 is 4.90 Å². The molecule has 0 spiro atoms. The van der Waals surface area contributed by atoms with E-state index in [1.165, 1.54) is 11.9 Å². The second-order valence-electron chi connectivity index (χ2n) is 5.97. The van der Waals surface area contributed by atoms with Crippen LogP contribution in [0.1, 0.15) is 15.9 Å². The van der Waals surface area contributed by atoms with E-state index < -0.39 is 27.1 Å². The minimum Gasteiger partial charge on any atom is -0.378 e. The van der Waals surface area contributed by atoms with Crippen LogP contribution in [0.25, 0.3) is 0 Å². The first-order valence-corrected chi connectivity index (χ1v) is 7.64. The molecule has 0 fully saturated rings. The van der Waals surface area contributed by atoms with Crippen molar-refractivity contribution < 1.29 is 14.6 Å². The average molecular weight is 358 g/mol. The molecule has 0 aliphatic heterocycles. The fourth-order valence-corrected chi connectivity index (χ4v) is 2.40. The number of nitro benzene ring substituents is 2. The molecule has 0 heterocycles. The molecule has 9 nitrogen and oxygen atoms in total. The fraction of sp³-hybridized carbons (Fsp3) is 0.235. The van der Waals surface area contributed by atoms with E-state index in [-0.39, 0.29) is 12.1 Å². The Balaban J connectivity index is 2.24. The maximum absolute atomic E-state index is 12.5. The summed E-state index contributed by atoms with van der Waals surface area (Å²) in [5, 5.41) is 21.9. The second kappa shape index (κ2) is 7.60. The van der Waals surface area contributed by atoms with E-state index in [0.29, 0.717) is 0 Å². The van der Waals surface area contributed by atoms with Crippen LogP contribution in [0.4, 0.5) is 17.1 Å². The fourth-order valence-electron chi connectivity index (χ4n) is 2.40. The van der Waals surface area contributed by atoms with Crippen molar-refractivity contribution in [3.05, 3.63) is 73.8 Å². The highest BCUT2D eigenvalue weighted by Gasteiger charge is 2.21. The minimum atomic E-state index is -0.760. The number of non-ortho nitro benzene ring substituents is 2. The van der Waals surface area contributed by atoms with Crippen LogP contribution in [-0.2, 0) is 6.54 Å². The normalized spacial score (nSPS) is 10.3. The SMILES string of the molecule is CN(Cc1ccc(N(C)C)cc1)C(=O)c1cc([N+](=O)[O-])cc([N+](=O)[O-])c1. The van der Waals surface area contributed by atoms with Gasteiger partial charge >= 0.3 is 0 Å². The van der Waals surface area contributed by atoms with Gasteiger partial charge in [-0.2, -0.15) is 0 Å². The molecule has 1 amide bonds. The van der Waals surface area contributed by atoms with E-state index in [1.54, 1.807) is 0 Å². The first kappa shape index (κ1) is 18.8. The number of hydrogen-bond acceptors (Lipinski definition) is 6. The molecule has 0 atom stereocenters. The van der Waals surface area contributed by atoms with Crippen LogP contribution in [0, 0.1) is 20.2 Å². The summed E-state index contributed by atoms with van der Waals surface area (Å²) >= 11 is 0. The average Bonchev–Trinajstić information content (AvgIpc) is 2.60. The Bertz CT molecular complexity index is 816. The molecule has 0 N–H and O–H groups in total. The molecule has 0 aliphatic carbocycles. The lowest BCUT2D eigenvalue weighted by Crippen LogP contribution is -2.26. The van der Waals surface area contributed by atoms with Crippen molar-refractivity contribution in [3.8, 4) is 0 Å². The smallest absolute Gasteiger partial charge is 0.277 e. The number of nitro groups is 2. The number of rotatable bonds is 6. The molecular formula is C17H18N4O5. The highest BCUT2D eigenvalue weighted by Crippen LogP contribution is 2.24. The van der Waals surface area contributed by atoms with Gasteiger partial charge in [-0.1, -0.05) is 12.1 Å². The zero-order valence-corrected chi connectivity index (χ0v) is 14.6. The van der Waals surface area contributed by atoms with Gasteiger partial charge < -0.3 is 9.80 Å². The highest BCUT2D eigenvalue weighted by atomic mass is 16.6. The van der Waals surface area contributed by atoms with Gasteiger partial charge in [-0.15, -0.1) is 0 Å². The lowest BCUT2D eigenvalue weighted by molar-refractivity contribution is -0.394. The van der Waals surface area contributed by atoms with E-state index in [4.69, 9.17) is 0 Å². The largest absolute Gasteiger partial charge is 0.378 e. The Labute approximate surface area is 149 Å². The third-order valence-corrected chi connectivity index (χ3v) is 3.79. The van der Waals surface area contributed by atoms with Crippen LogP contribution in [0.3, 0.4) is 0 Å². The molecule has 0 saturated heterocycles. The Morgan fingerprint density at radius 3 is 1.85 bits per heavy atom. The molecule has 0 bridgehead atoms. The summed E-state index contributed by atoms with van der Waals surface area (Å²) in [4.78, 5) is 36.2. The Morgan fingerprint density at radius 1 is 0.923 bits per heavy atom. The third kappa shape index (κ3) is 4.32. The van der Waals surface area contributed by atoms with Gasteiger partial charge in [0.2, 0.25) is 0 Å². The molecule has 0 aliphatic rings. The Kier molecular flexibility index (Phi) is 5.51. The Morgan fingerprint density at radius 2 is 1.42 bits per heavy atom. The number of hydrogen-bond donors (Lipinski definition) is 0. The Hall–Kier alpha value is -3.49. The number of carbonyl (C=O) groups is 1. The van der Waals surface area contributed by atoms with Gasteiger partial charge in [-0.3, -0.25) is 25.0 Å². The van der Waals surface area contributed by atoms with Gasteiger partial charge in [0.25, 0.3) is 17.3 Å². The van der Waals surface area contributed by atoms with Crippen LogP contribution >= 0.6 is 0 Å². The molecular weight excluding hydrogens is 340 g/mol. The van der Waals surface area contributed by atoms with E-state index >= 15 is 0 Å². The van der Waals surface area contributed by atoms with Crippen molar-refractivity contribution in [1.82, 2.24) is 4.90 Å². The van der Waals surface area contributed by atoms with Crippen molar-refractivity contribution in [1.29, 1.82) is 0 Å². The predicted octanol–water partition coefficient (Wildman–Crippen LogP) is 2.84. The molecule has 0 unspecified atom stereocenters. The monoisotopic (exact) mass is 358 g/mol. The standard InChI is InChI=1S/C17H18N4O5/c1-18(2)14-6-4-12(5-7-14)11-19(3)17(22)13-8-15(20(23)24)10-16(9-13)21(25)26/h4-10H,11H2,1-3H3. The summed E-state index contributed by atoms with van der Waals surface area (Å²) in [6.07, 6.45) is 0. The first-order chi connectivity index (χ1) is 12.2. The van der Waals surface area contributed by atoms with E-state index in [2.05, 4.69) is 0 Å². The third-order valence-electron chi connectivity index (χ3n) is 3.79. The van der Waals surface area contributed by atoms with Crippen LogP contribution in [0.2, 0.25) is 0 Å². The van der Waals surface area contributed by atoms with Crippen LogP contribution in [-0.4, -0.2) is 41.8 Å². The summed E-state index contributed by atoms with van der Waals surface area (Å²) in [5.74, 6) is -0.534. The second-order valence-corrected chi connectivity index (χ2v) is 5.97. The molecule has 0 saturated carbocycles. The highest BCUT2D eigenvalue weighted by molar-refractivity contribution is 5.95. The van der Waals surface area contributed by atoms with E-state index in [1.807, 2.05) is 43.3 Å². The van der Waals surface area contributed by atoms with E-state index in [0.717, 1.165) is 29.4 Å². The molecule has 2 aromatic carbocycles. The summed E-state index contributed by atoms with van der Waals surface area (Å²) in [5.41, 5.74) is 0.791. The molecule has 0 aromatic heterocycles. The summed E-state index contributed by atoms with van der Waals surface area (Å²) in [6, 6.07) is 10.5. The van der Waals surface area contributed by atoms with Crippen molar-refractivity contribution in [2.45, 2.75) is 6.54 Å². The molecule has 9 heteroatoms. The maximum atomic E-state index is 12.5. The van der Waals surface area contributed by atoms with Gasteiger partial charge in [-0.25, -0.2) is 0 Å². The van der Waals surface area contributed by atoms with Crippen molar-refractivity contribution in [2.24, 2.45) is 0 Å². The molecule has 136 valence electrons. The van der Waals surface area contributed by atoms with Crippen LogP contribution in [0.15, 0.2) is 42.5 Å². The predicted molar refractivity (Wildman–Crippen MR) is 96.3 cm³/mol. The number of amides is 1. The lowest BCUT2D eigenvalue weighted by Gasteiger charge is -2.18. The first-order valence-electron chi connectivity index (χ1n) is 7.64. The van der Waals surface area contributed by atoms with Gasteiger partial charge in [-0.05, 0) is 17.7 Å². The van der Waals surface area contributed by atoms with Crippen LogP contribution in [0.5, 0.6) is 0 Å². The quantitative estimate of drug-likeness (QED) is 0.580. The topological polar surface area (TPSA) is 110 Å². The summed E-state index contributed by atoms with van der Waals surface area (Å²) in [6.45, 7) is 0.267.